The number of hydrogen-bond acceptors (Lipinski definition) is 2. The molecule has 1 aromatic carbocycles. The van der Waals surface area contributed by atoms with Gasteiger partial charge in [0.05, 0.1) is 0 Å². The molecule has 110 valence electrons. The first-order chi connectivity index (χ1) is 9.38. The van der Waals surface area contributed by atoms with Crippen LogP contribution in [0.4, 0.5) is 0 Å². The Bertz CT molecular complexity index is 468. The molecule has 0 aliphatic carbocycles. The van der Waals surface area contributed by atoms with Crippen LogP contribution in [-0.2, 0) is 11.3 Å². The van der Waals surface area contributed by atoms with Crippen LogP contribution in [-0.4, -0.2) is 41.9 Å². The molecule has 1 aromatic rings. The Morgan fingerprint density at radius 3 is 2.25 bits per heavy atom. The van der Waals surface area contributed by atoms with Crippen molar-refractivity contribution >= 4 is 5.91 Å². The molecule has 1 fully saturated rings. The summed E-state index contributed by atoms with van der Waals surface area (Å²) in [5.74, 6) is 0.271. The fraction of sp³-hybridized carbons (Fsp3) is 0.588. The van der Waals surface area contributed by atoms with Crippen LogP contribution in [0.15, 0.2) is 24.3 Å². The van der Waals surface area contributed by atoms with Gasteiger partial charge in [-0.15, -0.1) is 0 Å². The highest BCUT2D eigenvalue weighted by Crippen LogP contribution is 2.19. The molecule has 3 nitrogen and oxygen atoms in total. The van der Waals surface area contributed by atoms with Gasteiger partial charge in [0.2, 0.25) is 5.91 Å². The van der Waals surface area contributed by atoms with Crippen molar-refractivity contribution in [3.63, 3.8) is 0 Å². The average Bonchev–Trinajstić information content (AvgIpc) is 2.40. The lowest BCUT2D eigenvalue weighted by Gasteiger charge is -2.37. The fourth-order valence-electron chi connectivity index (χ4n) is 2.61. The summed E-state index contributed by atoms with van der Waals surface area (Å²) in [6.45, 7) is 12.8. The zero-order valence-electron chi connectivity index (χ0n) is 13.1. The van der Waals surface area contributed by atoms with Crippen molar-refractivity contribution < 1.29 is 4.79 Å². The summed E-state index contributed by atoms with van der Waals surface area (Å²) in [6.07, 6.45) is 0. The van der Waals surface area contributed by atoms with Crippen LogP contribution in [0.25, 0.3) is 0 Å². The lowest BCUT2D eigenvalue weighted by atomic mass is 9.94. The minimum atomic E-state index is -0.266. The Morgan fingerprint density at radius 1 is 1.10 bits per heavy atom. The molecule has 1 heterocycles. The van der Waals surface area contributed by atoms with Crippen molar-refractivity contribution in [3.8, 4) is 0 Å². The highest BCUT2D eigenvalue weighted by atomic mass is 16.2. The molecule has 0 radical (unpaired) electrons. The van der Waals surface area contributed by atoms with E-state index in [1.54, 1.807) is 0 Å². The second-order valence-corrected chi connectivity index (χ2v) is 6.74. The molecule has 0 saturated carbocycles. The van der Waals surface area contributed by atoms with Gasteiger partial charge in [-0.05, 0) is 18.1 Å². The van der Waals surface area contributed by atoms with Crippen LogP contribution < -0.4 is 0 Å². The van der Waals surface area contributed by atoms with Crippen molar-refractivity contribution in [2.45, 2.75) is 34.2 Å². The second kappa shape index (κ2) is 5.96. The van der Waals surface area contributed by atoms with Crippen molar-refractivity contribution in [3.05, 3.63) is 35.4 Å². The smallest absolute Gasteiger partial charge is 0.228 e. The molecule has 0 bridgehead atoms. The van der Waals surface area contributed by atoms with Gasteiger partial charge in [-0.2, -0.15) is 0 Å². The SMILES string of the molecule is Cc1ccccc1CN1CCN(C(=O)C(C)(C)C)CC1. The Morgan fingerprint density at radius 2 is 1.70 bits per heavy atom. The van der Waals surface area contributed by atoms with Crippen molar-refractivity contribution in [1.82, 2.24) is 9.80 Å². The number of rotatable bonds is 2. The molecule has 2 rings (SSSR count). The molecule has 20 heavy (non-hydrogen) atoms. The first-order valence-electron chi connectivity index (χ1n) is 7.44. The third-order valence-electron chi connectivity index (χ3n) is 3.96. The van der Waals surface area contributed by atoms with Gasteiger partial charge in [0.1, 0.15) is 0 Å². The monoisotopic (exact) mass is 274 g/mol. The number of carbonyl (C=O) groups excluding carboxylic acids is 1. The summed E-state index contributed by atoms with van der Waals surface area (Å²) in [5.41, 5.74) is 2.47. The standard InChI is InChI=1S/C17H26N2O/c1-14-7-5-6-8-15(14)13-18-9-11-19(12-10-18)16(20)17(2,3)4/h5-8H,9-13H2,1-4H3. The minimum Gasteiger partial charge on any atom is -0.340 e. The summed E-state index contributed by atoms with van der Waals surface area (Å²) in [5, 5.41) is 0. The van der Waals surface area contributed by atoms with E-state index in [1.807, 2.05) is 25.7 Å². The Balaban J connectivity index is 1.89. The summed E-state index contributed by atoms with van der Waals surface area (Å²) < 4.78 is 0. The quantitative estimate of drug-likeness (QED) is 0.828. The third kappa shape index (κ3) is 3.60. The number of carbonyl (C=O) groups is 1. The summed E-state index contributed by atoms with van der Waals surface area (Å²) in [6, 6.07) is 8.54. The molecular weight excluding hydrogens is 248 g/mol. The minimum absolute atomic E-state index is 0.266. The number of hydrogen-bond donors (Lipinski definition) is 0. The normalized spacial score (nSPS) is 17.3. The zero-order valence-corrected chi connectivity index (χ0v) is 13.1. The van der Waals surface area contributed by atoms with E-state index in [2.05, 4.69) is 36.1 Å². The molecule has 3 heteroatoms. The lowest BCUT2D eigenvalue weighted by molar-refractivity contribution is -0.141. The molecule has 0 spiro atoms. The Hall–Kier alpha value is -1.35. The van der Waals surface area contributed by atoms with Gasteiger partial charge in [-0.1, -0.05) is 45.0 Å². The van der Waals surface area contributed by atoms with E-state index in [0.29, 0.717) is 0 Å². The Labute approximate surface area is 122 Å². The first-order valence-corrected chi connectivity index (χ1v) is 7.44. The highest BCUT2D eigenvalue weighted by molar-refractivity contribution is 5.81. The molecule has 1 aliphatic rings. The van der Waals surface area contributed by atoms with Gasteiger partial charge < -0.3 is 4.90 Å². The number of benzene rings is 1. The van der Waals surface area contributed by atoms with Gasteiger partial charge in [0.25, 0.3) is 0 Å². The zero-order chi connectivity index (χ0) is 14.8. The maximum Gasteiger partial charge on any atom is 0.228 e. The predicted octanol–water partition coefficient (Wildman–Crippen LogP) is 2.69. The second-order valence-electron chi connectivity index (χ2n) is 6.74. The van der Waals surface area contributed by atoms with Gasteiger partial charge in [-0.3, -0.25) is 9.69 Å². The average molecular weight is 274 g/mol. The van der Waals surface area contributed by atoms with E-state index in [1.165, 1.54) is 11.1 Å². The largest absolute Gasteiger partial charge is 0.340 e. The van der Waals surface area contributed by atoms with E-state index >= 15 is 0 Å². The van der Waals surface area contributed by atoms with Crippen LogP contribution in [0.3, 0.4) is 0 Å². The van der Waals surface area contributed by atoms with Gasteiger partial charge in [0, 0.05) is 38.1 Å². The lowest BCUT2D eigenvalue weighted by Crippen LogP contribution is -2.51. The number of amides is 1. The topological polar surface area (TPSA) is 23.6 Å². The van der Waals surface area contributed by atoms with E-state index in [9.17, 15) is 4.79 Å². The third-order valence-corrected chi connectivity index (χ3v) is 3.96. The van der Waals surface area contributed by atoms with Gasteiger partial charge >= 0.3 is 0 Å². The van der Waals surface area contributed by atoms with Crippen LogP contribution in [0.1, 0.15) is 31.9 Å². The van der Waals surface area contributed by atoms with E-state index < -0.39 is 0 Å². The maximum absolute atomic E-state index is 12.2. The van der Waals surface area contributed by atoms with Crippen LogP contribution >= 0.6 is 0 Å². The molecule has 1 aliphatic heterocycles. The van der Waals surface area contributed by atoms with Crippen molar-refractivity contribution in [1.29, 1.82) is 0 Å². The van der Waals surface area contributed by atoms with E-state index in [0.717, 1.165) is 32.7 Å². The summed E-state index contributed by atoms with van der Waals surface area (Å²) in [7, 11) is 0. The fourth-order valence-corrected chi connectivity index (χ4v) is 2.61. The molecule has 0 unspecified atom stereocenters. The van der Waals surface area contributed by atoms with Gasteiger partial charge in [-0.25, -0.2) is 0 Å². The van der Waals surface area contributed by atoms with E-state index in [-0.39, 0.29) is 11.3 Å². The molecule has 0 aromatic heterocycles. The molecule has 0 N–H and O–H groups in total. The molecular formula is C17H26N2O. The van der Waals surface area contributed by atoms with E-state index in [4.69, 9.17) is 0 Å². The summed E-state index contributed by atoms with van der Waals surface area (Å²) >= 11 is 0. The number of nitrogens with zero attached hydrogens (tertiary/aromatic N) is 2. The van der Waals surface area contributed by atoms with Crippen LogP contribution in [0.5, 0.6) is 0 Å². The molecule has 1 amide bonds. The predicted molar refractivity (Wildman–Crippen MR) is 82.5 cm³/mol. The van der Waals surface area contributed by atoms with Gasteiger partial charge in [0.15, 0.2) is 0 Å². The molecule has 1 saturated heterocycles. The Kier molecular flexibility index (Phi) is 4.48. The molecule has 0 atom stereocenters. The summed E-state index contributed by atoms with van der Waals surface area (Å²) in [4.78, 5) is 16.7. The number of piperazine rings is 1. The van der Waals surface area contributed by atoms with Crippen LogP contribution in [0.2, 0.25) is 0 Å². The first kappa shape index (κ1) is 15.0. The maximum atomic E-state index is 12.2. The highest BCUT2D eigenvalue weighted by Gasteiger charge is 2.29. The van der Waals surface area contributed by atoms with Crippen molar-refractivity contribution in [2.24, 2.45) is 5.41 Å². The van der Waals surface area contributed by atoms with Crippen molar-refractivity contribution in [2.75, 3.05) is 26.2 Å². The number of aryl methyl sites for hydroxylation is 1. The van der Waals surface area contributed by atoms with Crippen LogP contribution in [0, 0.1) is 12.3 Å².